The minimum Gasteiger partial charge on any atom is -0.481 e. The van der Waals surface area contributed by atoms with E-state index in [-0.39, 0.29) is 17.4 Å². The number of nitrogens with one attached hydrogen (secondary N) is 1. The van der Waals surface area contributed by atoms with E-state index in [1.54, 1.807) is 0 Å². The molecule has 0 aromatic carbocycles. The van der Waals surface area contributed by atoms with Crippen LogP contribution < -0.4 is 5.32 Å². The molecule has 0 radical (unpaired) electrons. The van der Waals surface area contributed by atoms with Gasteiger partial charge in [-0.25, -0.2) is 0 Å². The van der Waals surface area contributed by atoms with Gasteiger partial charge in [0.2, 0.25) is 5.91 Å². The standard InChI is InChI=1S/C13H23NO3/c1-13(2,3)9-6-4-5-7-10(9)14-11(15)8-12(16)17/h9-10H,4-8H2,1-3H3,(H,14,15)(H,16,17). The molecule has 4 heteroatoms. The molecular weight excluding hydrogens is 218 g/mol. The normalized spacial score (nSPS) is 25.4. The summed E-state index contributed by atoms with van der Waals surface area (Å²) in [5.41, 5.74) is 0.154. The molecule has 0 bridgehead atoms. The molecule has 0 aliphatic heterocycles. The Morgan fingerprint density at radius 3 is 2.35 bits per heavy atom. The molecule has 0 aromatic heterocycles. The minimum atomic E-state index is -1.06. The highest BCUT2D eigenvalue weighted by Crippen LogP contribution is 2.37. The zero-order chi connectivity index (χ0) is 13.1. The van der Waals surface area contributed by atoms with Gasteiger partial charge in [0.1, 0.15) is 6.42 Å². The van der Waals surface area contributed by atoms with Crippen LogP contribution in [0.5, 0.6) is 0 Å². The smallest absolute Gasteiger partial charge is 0.312 e. The van der Waals surface area contributed by atoms with E-state index in [1.165, 1.54) is 6.42 Å². The Morgan fingerprint density at radius 1 is 1.24 bits per heavy atom. The van der Waals surface area contributed by atoms with Gasteiger partial charge in [-0.15, -0.1) is 0 Å². The Hall–Kier alpha value is -1.06. The molecule has 1 rings (SSSR count). The molecular formula is C13H23NO3. The van der Waals surface area contributed by atoms with Crippen molar-refractivity contribution >= 4 is 11.9 Å². The maximum atomic E-state index is 11.5. The lowest BCUT2D eigenvalue weighted by Gasteiger charge is -2.40. The number of hydrogen-bond donors (Lipinski definition) is 2. The lowest BCUT2D eigenvalue weighted by atomic mass is 9.69. The van der Waals surface area contributed by atoms with Crippen molar-refractivity contribution < 1.29 is 14.7 Å². The van der Waals surface area contributed by atoms with E-state index in [1.807, 2.05) is 0 Å². The van der Waals surface area contributed by atoms with Gasteiger partial charge in [-0.3, -0.25) is 9.59 Å². The summed E-state index contributed by atoms with van der Waals surface area (Å²) in [6.07, 6.45) is 3.97. The minimum absolute atomic E-state index is 0.135. The van der Waals surface area contributed by atoms with E-state index in [4.69, 9.17) is 5.11 Å². The summed E-state index contributed by atoms with van der Waals surface area (Å²) < 4.78 is 0. The number of carbonyl (C=O) groups excluding carboxylic acids is 1. The first kappa shape index (κ1) is 14.0. The van der Waals surface area contributed by atoms with Crippen molar-refractivity contribution in [2.45, 2.75) is 58.9 Å². The third-order valence-corrected chi connectivity index (χ3v) is 3.54. The van der Waals surface area contributed by atoms with E-state index < -0.39 is 12.4 Å². The average Bonchev–Trinajstić information content (AvgIpc) is 2.15. The second kappa shape index (κ2) is 5.52. The zero-order valence-corrected chi connectivity index (χ0v) is 11.0. The predicted molar refractivity (Wildman–Crippen MR) is 65.6 cm³/mol. The van der Waals surface area contributed by atoms with Gasteiger partial charge in [-0.2, -0.15) is 0 Å². The van der Waals surface area contributed by atoms with E-state index in [9.17, 15) is 9.59 Å². The summed E-state index contributed by atoms with van der Waals surface area (Å²) in [6, 6.07) is 0.135. The molecule has 2 atom stereocenters. The fourth-order valence-electron chi connectivity index (χ4n) is 2.74. The maximum Gasteiger partial charge on any atom is 0.312 e. The van der Waals surface area contributed by atoms with Crippen molar-refractivity contribution in [1.29, 1.82) is 0 Å². The third-order valence-electron chi connectivity index (χ3n) is 3.54. The number of aliphatic carboxylic acids is 1. The lowest BCUT2D eigenvalue weighted by Crippen LogP contribution is -2.47. The van der Waals surface area contributed by atoms with Crippen molar-refractivity contribution in [1.82, 2.24) is 5.32 Å². The highest BCUT2D eigenvalue weighted by Gasteiger charge is 2.34. The summed E-state index contributed by atoms with van der Waals surface area (Å²) in [4.78, 5) is 22.0. The third kappa shape index (κ3) is 4.36. The van der Waals surface area contributed by atoms with Crippen molar-refractivity contribution in [2.24, 2.45) is 11.3 Å². The monoisotopic (exact) mass is 241 g/mol. The number of hydrogen-bond acceptors (Lipinski definition) is 2. The van der Waals surface area contributed by atoms with Gasteiger partial charge < -0.3 is 10.4 Å². The Kier molecular flexibility index (Phi) is 4.54. The van der Waals surface area contributed by atoms with Crippen LogP contribution in [0.15, 0.2) is 0 Å². The van der Waals surface area contributed by atoms with E-state index >= 15 is 0 Å². The SMILES string of the molecule is CC(C)(C)C1CCCCC1NC(=O)CC(=O)O. The fraction of sp³-hybridized carbons (Fsp3) is 0.846. The van der Waals surface area contributed by atoms with Gasteiger partial charge >= 0.3 is 5.97 Å². The molecule has 2 N–H and O–H groups in total. The molecule has 1 saturated carbocycles. The Labute approximate surface area is 103 Å². The highest BCUT2D eigenvalue weighted by atomic mass is 16.4. The molecule has 1 fully saturated rings. The molecule has 4 nitrogen and oxygen atoms in total. The molecule has 0 saturated heterocycles. The van der Waals surface area contributed by atoms with Crippen molar-refractivity contribution in [3.05, 3.63) is 0 Å². The maximum absolute atomic E-state index is 11.5. The van der Waals surface area contributed by atoms with Crippen LogP contribution in [0.3, 0.4) is 0 Å². The van der Waals surface area contributed by atoms with Crippen LogP contribution in [0, 0.1) is 11.3 Å². The molecule has 1 amide bonds. The largest absolute Gasteiger partial charge is 0.481 e. The van der Waals surface area contributed by atoms with Gasteiger partial charge in [-0.1, -0.05) is 33.6 Å². The number of carboxylic acid groups (broad SMARTS) is 1. The number of amides is 1. The van der Waals surface area contributed by atoms with Crippen LogP contribution in [0.1, 0.15) is 52.9 Å². The molecule has 1 aliphatic rings. The highest BCUT2D eigenvalue weighted by molar-refractivity contribution is 5.93. The number of rotatable bonds is 3. The van der Waals surface area contributed by atoms with Crippen LogP contribution >= 0.6 is 0 Å². The van der Waals surface area contributed by atoms with Gasteiger partial charge in [0.25, 0.3) is 0 Å². The molecule has 2 unspecified atom stereocenters. The first-order valence-corrected chi connectivity index (χ1v) is 6.32. The second-order valence-electron chi connectivity index (χ2n) is 6.00. The van der Waals surface area contributed by atoms with Gasteiger partial charge in [0.05, 0.1) is 0 Å². The molecule has 17 heavy (non-hydrogen) atoms. The van der Waals surface area contributed by atoms with Crippen LogP contribution in [0.2, 0.25) is 0 Å². The average molecular weight is 241 g/mol. The molecule has 0 aromatic rings. The van der Waals surface area contributed by atoms with Crippen LogP contribution in [0.4, 0.5) is 0 Å². The quantitative estimate of drug-likeness (QED) is 0.744. The van der Waals surface area contributed by atoms with Crippen molar-refractivity contribution in [3.8, 4) is 0 Å². The first-order valence-electron chi connectivity index (χ1n) is 6.32. The van der Waals surface area contributed by atoms with Crippen LogP contribution in [-0.4, -0.2) is 23.0 Å². The number of carbonyl (C=O) groups is 2. The van der Waals surface area contributed by atoms with Crippen LogP contribution in [-0.2, 0) is 9.59 Å². The zero-order valence-electron chi connectivity index (χ0n) is 11.0. The summed E-state index contributed by atoms with van der Waals surface area (Å²) in [6.45, 7) is 6.54. The van der Waals surface area contributed by atoms with E-state index in [2.05, 4.69) is 26.1 Å². The van der Waals surface area contributed by atoms with Gasteiger partial charge in [0.15, 0.2) is 0 Å². The van der Waals surface area contributed by atoms with E-state index in [0.29, 0.717) is 5.92 Å². The topological polar surface area (TPSA) is 66.4 Å². The van der Waals surface area contributed by atoms with Crippen molar-refractivity contribution in [3.63, 3.8) is 0 Å². The van der Waals surface area contributed by atoms with Crippen LogP contribution in [0.25, 0.3) is 0 Å². The summed E-state index contributed by atoms with van der Waals surface area (Å²) in [7, 11) is 0. The van der Waals surface area contributed by atoms with Crippen molar-refractivity contribution in [2.75, 3.05) is 0 Å². The Morgan fingerprint density at radius 2 is 1.82 bits per heavy atom. The molecule has 0 spiro atoms. The molecule has 98 valence electrons. The van der Waals surface area contributed by atoms with Gasteiger partial charge in [-0.05, 0) is 24.2 Å². The Balaban J connectivity index is 2.60. The predicted octanol–water partition coefficient (Wildman–Crippen LogP) is 2.18. The summed E-state index contributed by atoms with van der Waals surface area (Å²) in [5.74, 6) is -0.988. The molecule has 0 heterocycles. The first-order chi connectivity index (χ1) is 7.80. The Bertz CT molecular complexity index is 294. The molecule has 1 aliphatic carbocycles. The number of carboxylic acids is 1. The lowest BCUT2D eigenvalue weighted by molar-refractivity contribution is -0.141. The van der Waals surface area contributed by atoms with Gasteiger partial charge in [0, 0.05) is 6.04 Å². The summed E-state index contributed by atoms with van der Waals surface area (Å²) in [5, 5.41) is 11.5. The summed E-state index contributed by atoms with van der Waals surface area (Å²) >= 11 is 0. The second-order valence-corrected chi connectivity index (χ2v) is 6.00. The van der Waals surface area contributed by atoms with E-state index in [0.717, 1.165) is 19.3 Å². The fourth-order valence-corrected chi connectivity index (χ4v) is 2.74.